The molecule has 7 nitrogen and oxygen atoms in total. The molecule has 134 valence electrons. The van der Waals surface area contributed by atoms with E-state index < -0.39 is 10.0 Å². The van der Waals surface area contributed by atoms with Gasteiger partial charge in [-0.05, 0) is 42.3 Å². The molecule has 0 bridgehead atoms. The van der Waals surface area contributed by atoms with Crippen molar-refractivity contribution in [2.45, 2.75) is 18.4 Å². The third-order valence-corrected chi connectivity index (χ3v) is 4.35. The van der Waals surface area contributed by atoms with Crippen molar-refractivity contribution in [3.8, 4) is 11.5 Å². The molecule has 0 saturated heterocycles. The van der Waals surface area contributed by atoms with Gasteiger partial charge < -0.3 is 14.8 Å². The molecular formula is C17H20N2O5S. The number of rotatable bonds is 7. The van der Waals surface area contributed by atoms with Gasteiger partial charge in [0, 0.05) is 6.54 Å². The first-order valence-electron chi connectivity index (χ1n) is 7.45. The highest BCUT2D eigenvalue weighted by Gasteiger charge is 2.09. The Hall–Kier alpha value is -2.58. The first-order chi connectivity index (χ1) is 11.8. The Morgan fingerprint density at radius 3 is 2.40 bits per heavy atom. The monoisotopic (exact) mass is 364 g/mol. The van der Waals surface area contributed by atoms with Gasteiger partial charge >= 0.3 is 0 Å². The van der Waals surface area contributed by atoms with Crippen molar-refractivity contribution in [2.75, 3.05) is 13.7 Å². The Morgan fingerprint density at radius 2 is 1.80 bits per heavy atom. The number of amides is 1. The summed E-state index contributed by atoms with van der Waals surface area (Å²) in [6.45, 7) is 2.02. The standard InChI is InChI=1S/C17H20N2O5S/c1-12-3-8-15(16(9-12)23-2)24-11-17(20)19-10-13-4-6-14(7-5-13)25(18,21)22/h3-9H,10-11H2,1-2H3,(H,19,20)(H2,18,21,22). The highest BCUT2D eigenvalue weighted by molar-refractivity contribution is 7.89. The number of nitrogens with two attached hydrogens (primary N) is 1. The lowest BCUT2D eigenvalue weighted by atomic mass is 10.2. The summed E-state index contributed by atoms with van der Waals surface area (Å²) in [5.74, 6) is 0.741. The Labute approximate surface area is 146 Å². The van der Waals surface area contributed by atoms with Crippen LogP contribution in [-0.4, -0.2) is 28.0 Å². The lowest BCUT2D eigenvalue weighted by Gasteiger charge is -2.11. The van der Waals surface area contributed by atoms with Crippen molar-refractivity contribution in [1.29, 1.82) is 0 Å². The second kappa shape index (κ2) is 8.00. The van der Waals surface area contributed by atoms with E-state index in [0.29, 0.717) is 11.5 Å². The predicted octanol–water partition coefficient (Wildman–Crippen LogP) is 1.35. The van der Waals surface area contributed by atoms with Gasteiger partial charge in [0.2, 0.25) is 10.0 Å². The van der Waals surface area contributed by atoms with Crippen LogP contribution in [0.25, 0.3) is 0 Å². The Morgan fingerprint density at radius 1 is 1.12 bits per heavy atom. The molecule has 25 heavy (non-hydrogen) atoms. The average molecular weight is 364 g/mol. The molecule has 2 aromatic carbocycles. The van der Waals surface area contributed by atoms with Crippen LogP contribution in [0.4, 0.5) is 0 Å². The topological polar surface area (TPSA) is 108 Å². The maximum absolute atomic E-state index is 11.9. The number of carbonyl (C=O) groups excluding carboxylic acids is 1. The van der Waals surface area contributed by atoms with Crippen molar-refractivity contribution >= 4 is 15.9 Å². The number of methoxy groups -OCH3 is 1. The van der Waals surface area contributed by atoms with E-state index in [1.54, 1.807) is 18.2 Å². The van der Waals surface area contributed by atoms with Gasteiger partial charge in [0.05, 0.1) is 12.0 Å². The molecule has 0 atom stereocenters. The minimum atomic E-state index is -3.72. The normalized spacial score (nSPS) is 11.0. The fraction of sp³-hybridized carbons (Fsp3) is 0.235. The van der Waals surface area contributed by atoms with E-state index in [4.69, 9.17) is 14.6 Å². The Balaban J connectivity index is 1.87. The average Bonchev–Trinajstić information content (AvgIpc) is 2.58. The number of ether oxygens (including phenoxy) is 2. The van der Waals surface area contributed by atoms with Crippen molar-refractivity contribution in [3.05, 3.63) is 53.6 Å². The van der Waals surface area contributed by atoms with Crippen LogP contribution in [-0.2, 0) is 21.4 Å². The predicted molar refractivity (Wildman–Crippen MR) is 92.9 cm³/mol. The van der Waals surface area contributed by atoms with Crippen LogP contribution in [0.15, 0.2) is 47.4 Å². The van der Waals surface area contributed by atoms with E-state index in [2.05, 4.69) is 5.32 Å². The van der Waals surface area contributed by atoms with E-state index in [1.165, 1.54) is 19.2 Å². The SMILES string of the molecule is COc1cc(C)ccc1OCC(=O)NCc1ccc(S(N)(=O)=O)cc1. The largest absolute Gasteiger partial charge is 0.493 e. The van der Waals surface area contributed by atoms with Crippen LogP contribution in [0.1, 0.15) is 11.1 Å². The van der Waals surface area contributed by atoms with Gasteiger partial charge in [-0.15, -0.1) is 0 Å². The molecule has 3 N–H and O–H groups in total. The number of nitrogens with one attached hydrogen (secondary N) is 1. The Kier molecular flexibility index (Phi) is 6.00. The third kappa shape index (κ3) is 5.47. The highest BCUT2D eigenvalue weighted by atomic mass is 32.2. The molecule has 0 fully saturated rings. The van der Waals surface area contributed by atoms with E-state index in [0.717, 1.165) is 11.1 Å². The first kappa shape index (κ1) is 18.8. The lowest BCUT2D eigenvalue weighted by molar-refractivity contribution is -0.123. The van der Waals surface area contributed by atoms with Crippen LogP contribution >= 0.6 is 0 Å². The second-order valence-electron chi connectivity index (χ2n) is 5.41. The fourth-order valence-electron chi connectivity index (χ4n) is 2.09. The molecule has 2 aromatic rings. The quantitative estimate of drug-likeness (QED) is 0.771. The zero-order chi connectivity index (χ0) is 18.4. The Bertz CT molecular complexity index is 848. The summed E-state index contributed by atoms with van der Waals surface area (Å²) in [6, 6.07) is 11.4. The molecule has 0 aliphatic carbocycles. The van der Waals surface area contributed by atoms with Crippen LogP contribution in [0.3, 0.4) is 0 Å². The van der Waals surface area contributed by atoms with E-state index in [-0.39, 0.29) is 24.0 Å². The molecule has 0 aliphatic heterocycles. The molecule has 0 unspecified atom stereocenters. The minimum Gasteiger partial charge on any atom is -0.493 e. The molecule has 0 spiro atoms. The molecule has 1 amide bonds. The maximum atomic E-state index is 11.9. The number of primary sulfonamides is 1. The van der Waals surface area contributed by atoms with Gasteiger partial charge in [0.1, 0.15) is 0 Å². The summed E-state index contributed by atoms with van der Waals surface area (Å²) < 4.78 is 33.0. The number of benzene rings is 2. The van der Waals surface area contributed by atoms with Gasteiger partial charge in [0.25, 0.3) is 5.91 Å². The zero-order valence-electron chi connectivity index (χ0n) is 14.0. The van der Waals surface area contributed by atoms with E-state index >= 15 is 0 Å². The van der Waals surface area contributed by atoms with Crippen molar-refractivity contribution < 1.29 is 22.7 Å². The molecule has 0 saturated carbocycles. The van der Waals surface area contributed by atoms with Crippen molar-refractivity contribution in [2.24, 2.45) is 5.14 Å². The molecule has 0 radical (unpaired) electrons. The summed E-state index contributed by atoms with van der Waals surface area (Å²) in [6.07, 6.45) is 0. The van der Waals surface area contributed by atoms with E-state index in [9.17, 15) is 13.2 Å². The van der Waals surface area contributed by atoms with Gasteiger partial charge in [-0.1, -0.05) is 18.2 Å². The third-order valence-electron chi connectivity index (χ3n) is 3.42. The first-order valence-corrected chi connectivity index (χ1v) is 9.00. The minimum absolute atomic E-state index is 0.0253. The summed E-state index contributed by atoms with van der Waals surface area (Å²) >= 11 is 0. The van der Waals surface area contributed by atoms with E-state index in [1.807, 2.05) is 19.1 Å². The smallest absolute Gasteiger partial charge is 0.258 e. The van der Waals surface area contributed by atoms with Crippen LogP contribution in [0.2, 0.25) is 0 Å². The van der Waals surface area contributed by atoms with Gasteiger partial charge in [-0.2, -0.15) is 0 Å². The van der Waals surface area contributed by atoms with Crippen LogP contribution < -0.4 is 19.9 Å². The molecular weight excluding hydrogens is 344 g/mol. The number of aryl methyl sites for hydroxylation is 1. The number of hydrogen-bond acceptors (Lipinski definition) is 5. The summed E-state index contributed by atoms with van der Waals surface area (Å²) in [4.78, 5) is 11.9. The molecule has 2 rings (SSSR count). The highest BCUT2D eigenvalue weighted by Crippen LogP contribution is 2.27. The molecule has 8 heteroatoms. The summed E-state index contributed by atoms with van der Waals surface area (Å²) in [5, 5.41) is 7.72. The summed E-state index contributed by atoms with van der Waals surface area (Å²) in [7, 11) is -2.18. The number of carbonyl (C=O) groups is 1. The molecule has 0 aromatic heterocycles. The summed E-state index contributed by atoms with van der Waals surface area (Å²) in [5.41, 5.74) is 1.77. The maximum Gasteiger partial charge on any atom is 0.258 e. The van der Waals surface area contributed by atoms with Gasteiger partial charge in [-0.3, -0.25) is 4.79 Å². The van der Waals surface area contributed by atoms with Crippen LogP contribution in [0.5, 0.6) is 11.5 Å². The number of hydrogen-bond donors (Lipinski definition) is 2. The van der Waals surface area contributed by atoms with Crippen LogP contribution in [0, 0.1) is 6.92 Å². The van der Waals surface area contributed by atoms with Gasteiger partial charge in [0.15, 0.2) is 18.1 Å². The number of sulfonamides is 1. The molecule has 0 heterocycles. The molecule has 0 aliphatic rings. The van der Waals surface area contributed by atoms with Crippen molar-refractivity contribution in [1.82, 2.24) is 5.32 Å². The zero-order valence-corrected chi connectivity index (χ0v) is 14.8. The second-order valence-corrected chi connectivity index (χ2v) is 6.97. The van der Waals surface area contributed by atoms with Gasteiger partial charge in [-0.25, -0.2) is 13.6 Å². The van der Waals surface area contributed by atoms with Crippen molar-refractivity contribution in [3.63, 3.8) is 0 Å². The lowest BCUT2D eigenvalue weighted by Crippen LogP contribution is -2.28. The fourth-order valence-corrected chi connectivity index (χ4v) is 2.60.